The summed E-state index contributed by atoms with van der Waals surface area (Å²) in [6, 6.07) is 9.54. The summed E-state index contributed by atoms with van der Waals surface area (Å²) in [6.45, 7) is 3.17. The number of nitrogens with zero attached hydrogens (tertiary/aromatic N) is 2. The molecule has 0 bridgehead atoms. The van der Waals surface area contributed by atoms with Gasteiger partial charge in [-0.05, 0) is 44.3 Å². The fourth-order valence-electron chi connectivity index (χ4n) is 2.48. The molecule has 1 fully saturated rings. The monoisotopic (exact) mass is 287 g/mol. The number of nitrogens with one attached hydrogen (secondary N) is 1. The van der Waals surface area contributed by atoms with Crippen molar-refractivity contribution in [1.29, 1.82) is 0 Å². The first-order valence-electron chi connectivity index (χ1n) is 7.21. The second-order valence-electron chi connectivity index (χ2n) is 5.37. The molecule has 2 heterocycles. The van der Waals surface area contributed by atoms with Crippen LogP contribution in [-0.4, -0.2) is 18.1 Å². The molecule has 4 heteroatoms. The lowest BCUT2D eigenvalue weighted by atomic mass is 10.1. The average molecular weight is 287 g/mol. The van der Waals surface area contributed by atoms with Crippen molar-refractivity contribution in [3.8, 4) is 0 Å². The van der Waals surface area contributed by atoms with Crippen LogP contribution >= 0.6 is 11.3 Å². The molecular weight excluding hydrogens is 266 g/mol. The molecule has 1 saturated carbocycles. The van der Waals surface area contributed by atoms with E-state index in [4.69, 9.17) is 0 Å². The van der Waals surface area contributed by atoms with E-state index in [0.29, 0.717) is 12.1 Å². The van der Waals surface area contributed by atoms with Crippen molar-refractivity contribution in [2.75, 3.05) is 11.9 Å². The van der Waals surface area contributed by atoms with Crippen LogP contribution in [0.3, 0.4) is 0 Å². The van der Waals surface area contributed by atoms with Crippen LogP contribution in [0.5, 0.6) is 0 Å². The third kappa shape index (κ3) is 2.86. The van der Waals surface area contributed by atoms with Gasteiger partial charge in [-0.15, -0.1) is 11.3 Å². The maximum absolute atomic E-state index is 4.68. The van der Waals surface area contributed by atoms with Crippen molar-refractivity contribution in [2.24, 2.45) is 0 Å². The molecule has 0 saturated heterocycles. The number of hydrogen-bond donors (Lipinski definition) is 1. The zero-order chi connectivity index (χ0) is 13.9. The number of pyridine rings is 1. The van der Waals surface area contributed by atoms with Crippen LogP contribution < -0.4 is 10.2 Å². The Labute approximate surface area is 124 Å². The van der Waals surface area contributed by atoms with Gasteiger partial charge < -0.3 is 10.2 Å². The van der Waals surface area contributed by atoms with Crippen molar-refractivity contribution < 1.29 is 0 Å². The number of hydrogen-bond acceptors (Lipinski definition) is 4. The number of rotatable bonds is 6. The van der Waals surface area contributed by atoms with Crippen molar-refractivity contribution in [3.05, 3.63) is 46.3 Å². The summed E-state index contributed by atoms with van der Waals surface area (Å²) < 4.78 is 0. The van der Waals surface area contributed by atoms with Gasteiger partial charge in [-0.1, -0.05) is 12.1 Å². The lowest BCUT2D eigenvalue weighted by Crippen LogP contribution is -2.28. The smallest absolute Gasteiger partial charge is 0.133 e. The molecule has 3 rings (SSSR count). The largest absolute Gasteiger partial charge is 0.348 e. The van der Waals surface area contributed by atoms with E-state index in [1.165, 1.54) is 23.3 Å². The predicted octanol–water partition coefficient (Wildman–Crippen LogP) is 3.59. The van der Waals surface area contributed by atoms with E-state index in [-0.39, 0.29) is 0 Å². The molecule has 1 aliphatic rings. The Bertz CT molecular complexity index is 549. The number of anilines is 1. The second kappa shape index (κ2) is 5.94. The van der Waals surface area contributed by atoms with E-state index >= 15 is 0 Å². The maximum atomic E-state index is 4.68. The van der Waals surface area contributed by atoms with E-state index in [9.17, 15) is 0 Å². The Balaban J connectivity index is 1.91. The minimum atomic E-state index is 0.322. The Morgan fingerprint density at radius 1 is 1.40 bits per heavy atom. The van der Waals surface area contributed by atoms with Gasteiger partial charge in [0.2, 0.25) is 0 Å². The van der Waals surface area contributed by atoms with Crippen LogP contribution in [0.25, 0.3) is 0 Å². The molecule has 0 aliphatic heterocycles. The van der Waals surface area contributed by atoms with Crippen LogP contribution in [0.4, 0.5) is 5.82 Å². The molecule has 1 unspecified atom stereocenters. The van der Waals surface area contributed by atoms with E-state index < -0.39 is 0 Å². The summed E-state index contributed by atoms with van der Waals surface area (Å²) in [5.41, 5.74) is 1.29. The Morgan fingerprint density at radius 2 is 2.25 bits per heavy atom. The Morgan fingerprint density at radius 3 is 2.90 bits per heavy atom. The van der Waals surface area contributed by atoms with E-state index in [0.717, 1.165) is 12.4 Å². The zero-order valence-electron chi connectivity index (χ0n) is 12.0. The van der Waals surface area contributed by atoms with Gasteiger partial charge in [-0.25, -0.2) is 4.98 Å². The molecule has 0 radical (unpaired) electrons. The molecule has 2 aromatic rings. The fourth-order valence-corrected chi connectivity index (χ4v) is 3.18. The number of thiophene rings is 1. The van der Waals surface area contributed by atoms with Gasteiger partial charge in [-0.3, -0.25) is 0 Å². The molecule has 106 valence electrons. The molecule has 1 atom stereocenters. The van der Waals surface area contributed by atoms with E-state index in [1.807, 2.05) is 30.6 Å². The normalized spacial score (nSPS) is 16.1. The van der Waals surface area contributed by atoms with Gasteiger partial charge >= 0.3 is 0 Å². The Hall–Kier alpha value is -1.39. The molecule has 1 aliphatic carbocycles. The van der Waals surface area contributed by atoms with Crippen molar-refractivity contribution in [2.45, 2.75) is 38.4 Å². The SMILES string of the molecule is CNC(C)c1cccnc1N(Cc1cccs1)C1CC1. The highest BCUT2D eigenvalue weighted by molar-refractivity contribution is 7.09. The van der Waals surface area contributed by atoms with Crippen LogP contribution in [0.1, 0.15) is 36.2 Å². The van der Waals surface area contributed by atoms with Crippen molar-refractivity contribution in [1.82, 2.24) is 10.3 Å². The molecular formula is C16H21N3S. The standard InChI is InChI=1S/C16H21N3S/c1-12(17-2)15-6-3-9-18-16(15)19(13-7-8-13)11-14-5-4-10-20-14/h3-6,9-10,12-13,17H,7-8,11H2,1-2H3. The Kier molecular flexibility index (Phi) is 4.03. The molecule has 0 spiro atoms. The van der Waals surface area contributed by atoms with Gasteiger partial charge in [0.15, 0.2) is 0 Å². The first kappa shape index (κ1) is 13.6. The topological polar surface area (TPSA) is 28.2 Å². The van der Waals surface area contributed by atoms with Crippen LogP contribution in [0, 0.1) is 0 Å². The van der Waals surface area contributed by atoms with E-state index in [2.05, 4.69) is 45.7 Å². The summed E-state index contributed by atoms with van der Waals surface area (Å²) in [7, 11) is 2.00. The lowest BCUT2D eigenvalue weighted by molar-refractivity contribution is 0.641. The van der Waals surface area contributed by atoms with Crippen LogP contribution in [-0.2, 0) is 6.54 Å². The van der Waals surface area contributed by atoms with Gasteiger partial charge in [-0.2, -0.15) is 0 Å². The molecule has 20 heavy (non-hydrogen) atoms. The summed E-state index contributed by atoms with van der Waals surface area (Å²) in [5, 5.41) is 5.48. The second-order valence-corrected chi connectivity index (χ2v) is 6.40. The van der Waals surface area contributed by atoms with Crippen LogP contribution in [0.15, 0.2) is 35.8 Å². The third-order valence-corrected chi connectivity index (χ3v) is 4.74. The average Bonchev–Trinajstić information content (AvgIpc) is 3.20. The minimum Gasteiger partial charge on any atom is -0.348 e. The van der Waals surface area contributed by atoms with Gasteiger partial charge in [0.1, 0.15) is 5.82 Å². The number of aromatic nitrogens is 1. The first-order valence-corrected chi connectivity index (χ1v) is 8.08. The summed E-state index contributed by atoms with van der Waals surface area (Å²) >= 11 is 1.83. The highest BCUT2D eigenvalue weighted by Crippen LogP contribution is 2.35. The van der Waals surface area contributed by atoms with Gasteiger partial charge in [0, 0.05) is 28.7 Å². The quantitative estimate of drug-likeness (QED) is 0.880. The fraction of sp³-hybridized carbons (Fsp3) is 0.438. The molecule has 2 aromatic heterocycles. The first-order chi connectivity index (χ1) is 9.79. The zero-order valence-corrected chi connectivity index (χ0v) is 12.9. The van der Waals surface area contributed by atoms with Gasteiger partial charge in [0.05, 0.1) is 6.54 Å². The summed E-state index contributed by atoms with van der Waals surface area (Å²) in [4.78, 5) is 8.57. The molecule has 0 amide bonds. The third-order valence-electron chi connectivity index (χ3n) is 3.88. The van der Waals surface area contributed by atoms with E-state index in [1.54, 1.807) is 0 Å². The maximum Gasteiger partial charge on any atom is 0.133 e. The van der Waals surface area contributed by atoms with Gasteiger partial charge in [0.25, 0.3) is 0 Å². The van der Waals surface area contributed by atoms with Crippen molar-refractivity contribution in [3.63, 3.8) is 0 Å². The molecule has 3 nitrogen and oxygen atoms in total. The summed E-state index contributed by atoms with van der Waals surface area (Å²) in [6.07, 6.45) is 4.48. The van der Waals surface area contributed by atoms with Crippen LogP contribution in [0.2, 0.25) is 0 Å². The van der Waals surface area contributed by atoms with Crippen molar-refractivity contribution >= 4 is 17.2 Å². The highest BCUT2D eigenvalue weighted by atomic mass is 32.1. The predicted molar refractivity (Wildman–Crippen MR) is 85.2 cm³/mol. The molecule has 1 N–H and O–H groups in total. The molecule has 0 aromatic carbocycles. The highest BCUT2D eigenvalue weighted by Gasteiger charge is 2.32. The minimum absolute atomic E-state index is 0.322. The lowest BCUT2D eigenvalue weighted by Gasteiger charge is -2.27. The summed E-state index contributed by atoms with van der Waals surface area (Å²) in [5.74, 6) is 1.14.